The van der Waals surface area contributed by atoms with Gasteiger partial charge in [0.1, 0.15) is 5.75 Å². The van der Waals surface area contributed by atoms with Gasteiger partial charge in [-0.3, -0.25) is 4.79 Å². The maximum Gasteiger partial charge on any atom is 0.260 e. The molecule has 0 heterocycles. The Morgan fingerprint density at radius 1 is 1.50 bits per heavy atom. The van der Waals surface area contributed by atoms with Crippen molar-refractivity contribution in [2.75, 3.05) is 6.61 Å². The van der Waals surface area contributed by atoms with Crippen LogP contribution in [0.2, 0.25) is 5.02 Å². The third-order valence-corrected chi connectivity index (χ3v) is 3.61. The summed E-state index contributed by atoms with van der Waals surface area (Å²) in [5, 5.41) is 12.2. The van der Waals surface area contributed by atoms with Crippen molar-refractivity contribution >= 4 is 33.4 Å². The first kappa shape index (κ1) is 17.3. The van der Waals surface area contributed by atoms with Crippen molar-refractivity contribution in [3.05, 3.63) is 27.7 Å². The Hall–Kier alpha value is -0.780. The molecular formula is C14H19BrClNO3. The molecule has 0 aliphatic carbocycles. The van der Waals surface area contributed by atoms with Crippen LogP contribution in [0.25, 0.3) is 0 Å². The molecule has 1 amide bonds. The highest BCUT2D eigenvalue weighted by molar-refractivity contribution is 9.10. The normalized spacial score (nSPS) is 13.7. The van der Waals surface area contributed by atoms with Gasteiger partial charge in [0.25, 0.3) is 5.91 Å². The van der Waals surface area contributed by atoms with Gasteiger partial charge in [0, 0.05) is 17.7 Å². The van der Waals surface area contributed by atoms with E-state index in [1.807, 2.05) is 6.92 Å². The molecule has 6 heteroatoms. The van der Waals surface area contributed by atoms with Gasteiger partial charge >= 0.3 is 0 Å². The van der Waals surface area contributed by atoms with Crippen LogP contribution >= 0.6 is 27.5 Å². The molecule has 2 unspecified atom stereocenters. The van der Waals surface area contributed by atoms with Gasteiger partial charge in [0.05, 0.1) is 4.47 Å². The smallest absolute Gasteiger partial charge is 0.260 e. The minimum atomic E-state index is -0.607. The van der Waals surface area contributed by atoms with Gasteiger partial charge in [-0.1, -0.05) is 11.6 Å². The van der Waals surface area contributed by atoms with Crippen LogP contribution in [0.4, 0.5) is 0 Å². The first-order valence-electron chi connectivity index (χ1n) is 6.47. The van der Waals surface area contributed by atoms with E-state index in [1.165, 1.54) is 0 Å². The molecule has 1 aromatic rings. The lowest BCUT2D eigenvalue weighted by atomic mass is 10.2. The summed E-state index contributed by atoms with van der Waals surface area (Å²) in [5.41, 5.74) is 0. The van der Waals surface area contributed by atoms with Crippen LogP contribution in [-0.4, -0.2) is 29.8 Å². The zero-order valence-electron chi connectivity index (χ0n) is 11.5. The van der Waals surface area contributed by atoms with Crippen molar-refractivity contribution in [2.45, 2.75) is 38.8 Å². The second kappa shape index (κ2) is 8.49. The number of benzene rings is 1. The number of carbonyl (C=O) groups is 1. The van der Waals surface area contributed by atoms with Crippen molar-refractivity contribution in [1.82, 2.24) is 5.32 Å². The van der Waals surface area contributed by atoms with E-state index in [-0.39, 0.29) is 18.6 Å². The number of amides is 1. The molecule has 2 N–H and O–H groups in total. The molecule has 0 saturated carbocycles. The van der Waals surface area contributed by atoms with Crippen molar-refractivity contribution in [1.29, 1.82) is 0 Å². The zero-order chi connectivity index (χ0) is 15.1. The number of aliphatic hydroxyl groups excluding tert-OH is 1. The average Bonchev–Trinajstić information content (AvgIpc) is 2.39. The van der Waals surface area contributed by atoms with Crippen molar-refractivity contribution in [3.63, 3.8) is 0 Å². The topological polar surface area (TPSA) is 58.6 Å². The molecule has 0 fully saturated rings. The van der Waals surface area contributed by atoms with Gasteiger partial charge < -0.3 is 15.2 Å². The number of carbonyl (C=O) groups excluding carboxylic acids is 1. The van der Waals surface area contributed by atoms with E-state index in [0.717, 1.165) is 6.42 Å². The number of aliphatic hydroxyl groups is 1. The summed E-state index contributed by atoms with van der Waals surface area (Å²) < 4.78 is 6.31. The minimum Gasteiger partial charge on any atom is -0.480 e. The fourth-order valence-corrected chi connectivity index (χ4v) is 2.42. The number of hydrogen-bond donors (Lipinski definition) is 2. The maximum atomic E-state index is 12.0. The number of ether oxygens (including phenoxy) is 1. The lowest BCUT2D eigenvalue weighted by Gasteiger charge is -2.19. The van der Waals surface area contributed by atoms with Gasteiger partial charge in [-0.15, -0.1) is 0 Å². The average molecular weight is 365 g/mol. The van der Waals surface area contributed by atoms with Crippen LogP contribution in [0.1, 0.15) is 26.7 Å². The number of nitrogens with one attached hydrogen (secondary N) is 1. The summed E-state index contributed by atoms with van der Waals surface area (Å²) in [5.74, 6) is 0.386. The van der Waals surface area contributed by atoms with Gasteiger partial charge in [0.15, 0.2) is 6.10 Å². The van der Waals surface area contributed by atoms with E-state index in [0.29, 0.717) is 21.7 Å². The molecule has 112 valence electrons. The second-order valence-corrected chi connectivity index (χ2v) is 5.90. The third-order valence-electron chi connectivity index (χ3n) is 2.75. The number of hydrogen-bond acceptors (Lipinski definition) is 3. The van der Waals surface area contributed by atoms with Crippen molar-refractivity contribution in [3.8, 4) is 5.75 Å². The van der Waals surface area contributed by atoms with Gasteiger partial charge in [-0.2, -0.15) is 0 Å². The third kappa shape index (κ3) is 5.69. The van der Waals surface area contributed by atoms with Crippen LogP contribution in [0.3, 0.4) is 0 Å². The molecular weight excluding hydrogens is 346 g/mol. The standard InChI is InChI=1S/C14H19BrClNO3/c1-9(4-3-7-18)17-14(19)10(2)20-13-6-5-11(16)8-12(13)15/h5-6,8-10,18H,3-4,7H2,1-2H3,(H,17,19). The van der Waals surface area contributed by atoms with Crippen molar-refractivity contribution in [2.24, 2.45) is 0 Å². The summed E-state index contributed by atoms with van der Waals surface area (Å²) >= 11 is 9.19. The van der Waals surface area contributed by atoms with Crippen LogP contribution in [0.5, 0.6) is 5.75 Å². The first-order chi connectivity index (χ1) is 9.43. The van der Waals surface area contributed by atoms with Gasteiger partial charge in [0.2, 0.25) is 0 Å². The van der Waals surface area contributed by atoms with E-state index >= 15 is 0 Å². The molecule has 0 radical (unpaired) electrons. The van der Waals surface area contributed by atoms with E-state index in [2.05, 4.69) is 21.2 Å². The predicted molar refractivity (Wildman–Crippen MR) is 83.2 cm³/mol. The second-order valence-electron chi connectivity index (χ2n) is 4.61. The zero-order valence-corrected chi connectivity index (χ0v) is 13.9. The minimum absolute atomic E-state index is 0.00867. The summed E-state index contributed by atoms with van der Waals surface area (Å²) in [6, 6.07) is 5.14. The Kier molecular flexibility index (Phi) is 7.34. The van der Waals surface area contributed by atoms with E-state index in [9.17, 15) is 4.79 Å². The Balaban J connectivity index is 2.53. The summed E-state index contributed by atoms with van der Waals surface area (Å²) in [7, 11) is 0. The molecule has 0 aliphatic rings. The molecule has 0 aromatic heterocycles. The SMILES string of the molecule is CC(CCCO)NC(=O)C(C)Oc1ccc(Cl)cc1Br. The molecule has 1 rings (SSSR count). The van der Waals surface area contributed by atoms with Crippen LogP contribution in [0, 0.1) is 0 Å². The molecule has 1 aromatic carbocycles. The summed E-state index contributed by atoms with van der Waals surface area (Å²) in [4.78, 5) is 12.0. The Bertz CT molecular complexity index is 456. The molecule has 20 heavy (non-hydrogen) atoms. The Labute approximate surface area is 132 Å². The largest absolute Gasteiger partial charge is 0.480 e. The van der Waals surface area contributed by atoms with Gasteiger partial charge in [-0.25, -0.2) is 0 Å². The quantitative estimate of drug-likeness (QED) is 0.781. The maximum absolute atomic E-state index is 12.0. The lowest BCUT2D eigenvalue weighted by molar-refractivity contribution is -0.127. The highest BCUT2D eigenvalue weighted by Crippen LogP contribution is 2.28. The van der Waals surface area contributed by atoms with E-state index in [1.54, 1.807) is 25.1 Å². The Morgan fingerprint density at radius 3 is 2.80 bits per heavy atom. The first-order valence-corrected chi connectivity index (χ1v) is 7.64. The lowest BCUT2D eigenvalue weighted by Crippen LogP contribution is -2.41. The van der Waals surface area contributed by atoms with E-state index < -0.39 is 6.10 Å². The van der Waals surface area contributed by atoms with Gasteiger partial charge in [-0.05, 0) is 60.8 Å². The highest BCUT2D eigenvalue weighted by Gasteiger charge is 2.17. The highest BCUT2D eigenvalue weighted by atomic mass is 79.9. The van der Waals surface area contributed by atoms with Crippen LogP contribution in [-0.2, 0) is 4.79 Å². The summed E-state index contributed by atoms with van der Waals surface area (Å²) in [6.45, 7) is 3.72. The van der Waals surface area contributed by atoms with E-state index in [4.69, 9.17) is 21.4 Å². The molecule has 2 atom stereocenters. The van der Waals surface area contributed by atoms with Crippen molar-refractivity contribution < 1.29 is 14.6 Å². The molecule has 0 aliphatic heterocycles. The molecule has 0 saturated heterocycles. The fourth-order valence-electron chi connectivity index (χ4n) is 1.64. The number of rotatable bonds is 7. The summed E-state index contributed by atoms with van der Waals surface area (Å²) in [6.07, 6.45) is 0.794. The fraction of sp³-hybridized carbons (Fsp3) is 0.500. The number of halogens is 2. The monoisotopic (exact) mass is 363 g/mol. The molecule has 0 bridgehead atoms. The van der Waals surface area contributed by atoms with Crippen LogP contribution < -0.4 is 10.1 Å². The Morgan fingerprint density at radius 2 is 2.20 bits per heavy atom. The predicted octanol–water partition coefficient (Wildman–Crippen LogP) is 3.15. The van der Waals surface area contributed by atoms with Crippen LogP contribution in [0.15, 0.2) is 22.7 Å². The molecule has 0 spiro atoms. The molecule has 4 nitrogen and oxygen atoms in total.